The maximum atomic E-state index is 13.3. The minimum Gasteiger partial charge on any atom is -0.497 e. The Balaban J connectivity index is 1.78. The van der Waals surface area contributed by atoms with Crippen LogP contribution in [-0.2, 0) is 10.0 Å². The molecule has 1 aliphatic rings. The average Bonchev–Trinajstić information content (AvgIpc) is 3.21. The van der Waals surface area contributed by atoms with Gasteiger partial charge in [0.1, 0.15) is 5.75 Å². The van der Waals surface area contributed by atoms with Gasteiger partial charge in [-0.3, -0.25) is 0 Å². The molecule has 0 spiro atoms. The Hall–Kier alpha value is -3.12. The fourth-order valence-corrected chi connectivity index (χ4v) is 4.74. The number of ether oxygens (including phenoxy) is 1. The summed E-state index contributed by atoms with van der Waals surface area (Å²) in [5, 5.41) is 4.54. The molecule has 0 saturated carbocycles. The highest BCUT2D eigenvalue weighted by atomic mass is 32.2. The first-order valence-electron chi connectivity index (χ1n) is 8.96. The predicted molar refractivity (Wildman–Crippen MR) is 109 cm³/mol. The van der Waals surface area contributed by atoms with Crippen molar-refractivity contribution in [2.24, 2.45) is 5.10 Å². The first-order chi connectivity index (χ1) is 13.6. The van der Waals surface area contributed by atoms with Crippen molar-refractivity contribution in [2.45, 2.75) is 17.4 Å². The summed E-state index contributed by atoms with van der Waals surface area (Å²) in [6, 6.07) is 25.1. The Bertz CT molecular complexity index is 1080. The van der Waals surface area contributed by atoms with Crippen molar-refractivity contribution in [3.8, 4) is 5.75 Å². The lowest BCUT2D eigenvalue weighted by atomic mass is 9.99. The first kappa shape index (κ1) is 18.3. The number of methoxy groups -OCH3 is 1. The van der Waals surface area contributed by atoms with Crippen LogP contribution in [0.2, 0.25) is 0 Å². The summed E-state index contributed by atoms with van der Waals surface area (Å²) < 4.78 is 33.1. The fourth-order valence-electron chi connectivity index (χ4n) is 3.29. The van der Waals surface area contributed by atoms with Crippen molar-refractivity contribution in [1.82, 2.24) is 4.41 Å². The van der Waals surface area contributed by atoms with E-state index in [0.29, 0.717) is 6.42 Å². The molecule has 5 nitrogen and oxygen atoms in total. The lowest BCUT2D eigenvalue weighted by molar-refractivity contribution is 0.370. The Kier molecular flexibility index (Phi) is 4.88. The van der Waals surface area contributed by atoms with Crippen LogP contribution in [0.3, 0.4) is 0 Å². The van der Waals surface area contributed by atoms with E-state index in [9.17, 15) is 8.42 Å². The van der Waals surface area contributed by atoms with E-state index in [0.717, 1.165) is 22.6 Å². The quantitative estimate of drug-likeness (QED) is 0.653. The maximum Gasteiger partial charge on any atom is 0.279 e. The van der Waals surface area contributed by atoms with Gasteiger partial charge in [-0.15, -0.1) is 0 Å². The standard InChI is InChI=1S/C22H20N2O3S/c1-27-19-14-12-18(13-15-19)22-16-21(17-8-4-2-5-9-17)23-24(22)28(25,26)20-10-6-3-7-11-20/h2-15,22H,16H2,1H3/t22-/m0/s1. The summed E-state index contributed by atoms with van der Waals surface area (Å²) in [5.41, 5.74) is 2.54. The molecule has 0 aromatic heterocycles. The molecule has 0 radical (unpaired) electrons. The molecule has 0 saturated heterocycles. The summed E-state index contributed by atoms with van der Waals surface area (Å²) in [6.45, 7) is 0. The van der Waals surface area contributed by atoms with Gasteiger partial charge in [0.15, 0.2) is 0 Å². The van der Waals surface area contributed by atoms with Gasteiger partial charge in [-0.25, -0.2) is 0 Å². The Morgan fingerprint density at radius 1 is 0.893 bits per heavy atom. The van der Waals surface area contributed by atoms with Crippen molar-refractivity contribution in [3.05, 3.63) is 96.1 Å². The van der Waals surface area contributed by atoms with Gasteiger partial charge >= 0.3 is 0 Å². The molecule has 142 valence electrons. The Morgan fingerprint density at radius 3 is 2.11 bits per heavy atom. The van der Waals surface area contributed by atoms with Gasteiger partial charge in [0.25, 0.3) is 10.0 Å². The topological polar surface area (TPSA) is 59.0 Å². The van der Waals surface area contributed by atoms with Gasteiger partial charge in [0.05, 0.1) is 23.8 Å². The second kappa shape index (κ2) is 7.48. The molecule has 1 atom stereocenters. The van der Waals surface area contributed by atoms with Crippen molar-refractivity contribution < 1.29 is 13.2 Å². The van der Waals surface area contributed by atoms with Crippen LogP contribution in [0.25, 0.3) is 0 Å². The van der Waals surface area contributed by atoms with Crippen molar-refractivity contribution in [2.75, 3.05) is 7.11 Å². The highest BCUT2D eigenvalue weighted by Gasteiger charge is 2.37. The smallest absolute Gasteiger partial charge is 0.279 e. The minimum absolute atomic E-state index is 0.228. The van der Waals surface area contributed by atoms with Gasteiger partial charge in [0.2, 0.25) is 0 Å². The molecule has 3 aromatic carbocycles. The van der Waals surface area contributed by atoms with Crippen molar-refractivity contribution >= 4 is 15.7 Å². The van der Waals surface area contributed by atoms with Crippen LogP contribution in [0.15, 0.2) is 94.9 Å². The zero-order chi connectivity index (χ0) is 19.6. The van der Waals surface area contributed by atoms with Gasteiger partial charge in [0, 0.05) is 6.42 Å². The number of nitrogens with zero attached hydrogens (tertiary/aromatic N) is 2. The Labute approximate surface area is 164 Å². The lowest BCUT2D eigenvalue weighted by Gasteiger charge is -2.23. The van der Waals surface area contributed by atoms with Gasteiger partial charge < -0.3 is 4.74 Å². The van der Waals surface area contributed by atoms with Gasteiger partial charge in [-0.05, 0) is 35.4 Å². The van der Waals surface area contributed by atoms with Crippen LogP contribution in [0.5, 0.6) is 5.75 Å². The number of sulfonamides is 1. The van der Waals surface area contributed by atoms with Crippen molar-refractivity contribution in [3.63, 3.8) is 0 Å². The molecule has 0 N–H and O–H groups in total. The molecule has 28 heavy (non-hydrogen) atoms. The molecule has 6 heteroatoms. The lowest BCUT2D eigenvalue weighted by Crippen LogP contribution is -2.27. The van der Waals surface area contributed by atoms with Gasteiger partial charge in [-0.1, -0.05) is 60.7 Å². The van der Waals surface area contributed by atoms with Crippen molar-refractivity contribution in [1.29, 1.82) is 0 Å². The highest BCUT2D eigenvalue weighted by molar-refractivity contribution is 7.89. The number of benzene rings is 3. The van der Waals surface area contributed by atoms with Crippen LogP contribution >= 0.6 is 0 Å². The van der Waals surface area contributed by atoms with Crippen LogP contribution in [0, 0.1) is 0 Å². The van der Waals surface area contributed by atoms with Crippen LogP contribution in [0.4, 0.5) is 0 Å². The first-order valence-corrected chi connectivity index (χ1v) is 10.4. The molecule has 1 aliphatic heterocycles. The summed E-state index contributed by atoms with van der Waals surface area (Å²) in [6.07, 6.45) is 0.502. The highest BCUT2D eigenvalue weighted by Crippen LogP contribution is 2.37. The van der Waals surface area contributed by atoms with Crippen LogP contribution in [-0.4, -0.2) is 25.7 Å². The van der Waals surface area contributed by atoms with E-state index in [1.807, 2.05) is 54.6 Å². The number of hydrazone groups is 1. The van der Waals surface area contributed by atoms with E-state index in [2.05, 4.69) is 5.10 Å². The number of rotatable bonds is 5. The minimum atomic E-state index is -3.78. The van der Waals surface area contributed by atoms with E-state index in [1.54, 1.807) is 37.4 Å². The predicted octanol–water partition coefficient (Wildman–Crippen LogP) is 4.24. The average molecular weight is 392 g/mol. The maximum absolute atomic E-state index is 13.3. The summed E-state index contributed by atoms with van der Waals surface area (Å²) in [4.78, 5) is 0.228. The zero-order valence-corrected chi connectivity index (χ0v) is 16.2. The molecule has 0 unspecified atom stereocenters. The van der Waals surface area contributed by atoms with Gasteiger partial charge in [-0.2, -0.15) is 17.9 Å². The third-order valence-electron chi connectivity index (χ3n) is 4.77. The normalized spacial score (nSPS) is 16.7. The van der Waals surface area contributed by atoms with E-state index in [1.165, 1.54) is 4.41 Å². The molecule has 3 aromatic rings. The van der Waals surface area contributed by atoms with E-state index < -0.39 is 16.1 Å². The molecule has 0 amide bonds. The largest absolute Gasteiger partial charge is 0.497 e. The molecule has 4 rings (SSSR count). The second-order valence-electron chi connectivity index (χ2n) is 6.50. The van der Waals surface area contributed by atoms with E-state index in [4.69, 9.17) is 4.74 Å². The third kappa shape index (κ3) is 3.39. The fraction of sp³-hybridized carbons (Fsp3) is 0.136. The molecule has 0 bridgehead atoms. The zero-order valence-electron chi connectivity index (χ0n) is 15.4. The van der Waals surface area contributed by atoms with E-state index in [-0.39, 0.29) is 4.90 Å². The molecular formula is C22H20N2O3S. The Morgan fingerprint density at radius 2 is 1.50 bits per heavy atom. The summed E-state index contributed by atoms with van der Waals surface area (Å²) in [7, 11) is -2.17. The summed E-state index contributed by atoms with van der Waals surface area (Å²) >= 11 is 0. The number of hydrogen-bond acceptors (Lipinski definition) is 4. The monoisotopic (exact) mass is 392 g/mol. The van der Waals surface area contributed by atoms with Crippen LogP contribution < -0.4 is 4.74 Å². The summed E-state index contributed by atoms with van der Waals surface area (Å²) in [5.74, 6) is 0.725. The molecule has 0 fully saturated rings. The van der Waals surface area contributed by atoms with E-state index >= 15 is 0 Å². The molecular weight excluding hydrogens is 372 g/mol. The molecule has 1 heterocycles. The third-order valence-corrected chi connectivity index (χ3v) is 6.46. The van der Waals surface area contributed by atoms with Crippen LogP contribution in [0.1, 0.15) is 23.6 Å². The molecule has 0 aliphatic carbocycles. The second-order valence-corrected chi connectivity index (χ2v) is 8.29. The number of hydrogen-bond donors (Lipinski definition) is 0. The SMILES string of the molecule is COc1ccc([C@@H]2CC(c3ccccc3)=NN2S(=O)(=O)c2ccccc2)cc1.